The second kappa shape index (κ2) is 7.07. The van der Waals surface area contributed by atoms with E-state index in [9.17, 15) is 18.0 Å². The Labute approximate surface area is 138 Å². The van der Waals surface area contributed by atoms with Gasteiger partial charge in [-0.05, 0) is 38.5 Å². The summed E-state index contributed by atoms with van der Waals surface area (Å²) in [5.74, 6) is -0.329. The molecule has 0 unspecified atom stereocenters. The van der Waals surface area contributed by atoms with Crippen molar-refractivity contribution in [1.29, 1.82) is 0 Å². The largest absolute Gasteiger partial charge is 0.416 e. The molecule has 0 fully saturated rings. The quantitative estimate of drug-likeness (QED) is 0.891. The van der Waals surface area contributed by atoms with E-state index in [0.717, 1.165) is 18.6 Å². The third-order valence-corrected chi connectivity index (χ3v) is 3.79. The number of aromatic nitrogens is 2. The summed E-state index contributed by atoms with van der Waals surface area (Å²) in [5, 5.41) is 7.01. The number of halogens is 3. The van der Waals surface area contributed by atoms with E-state index in [4.69, 9.17) is 0 Å². The van der Waals surface area contributed by atoms with Crippen molar-refractivity contribution in [2.45, 2.75) is 46.0 Å². The molecule has 1 heterocycles. The van der Waals surface area contributed by atoms with Crippen LogP contribution in [-0.2, 0) is 12.7 Å². The molecule has 0 saturated carbocycles. The number of nitrogens with one attached hydrogen (secondary N) is 1. The van der Waals surface area contributed by atoms with E-state index in [-0.39, 0.29) is 17.6 Å². The first-order chi connectivity index (χ1) is 11.3. The highest BCUT2D eigenvalue weighted by molar-refractivity contribution is 5.93. The number of nitrogens with zero attached hydrogens (tertiary/aromatic N) is 2. The van der Waals surface area contributed by atoms with Gasteiger partial charge in [0.15, 0.2) is 5.69 Å². The van der Waals surface area contributed by atoms with Gasteiger partial charge in [-0.3, -0.25) is 9.48 Å². The molecule has 24 heavy (non-hydrogen) atoms. The van der Waals surface area contributed by atoms with Crippen molar-refractivity contribution >= 4 is 5.91 Å². The minimum atomic E-state index is -4.41. The van der Waals surface area contributed by atoms with E-state index in [1.54, 1.807) is 6.07 Å². The van der Waals surface area contributed by atoms with Gasteiger partial charge in [0, 0.05) is 18.2 Å². The van der Waals surface area contributed by atoms with Crippen LogP contribution in [0, 0.1) is 0 Å². The van der Waals surface area contributed by atoms with Gasteiger partial charge in [0.2, 0.25) is 0 Å². The van der Waals surface area contributed by atoms with E-state index in [0.29, 0.717) is 17.8 Å². The zero-order chi connectivity index (χ0) is 17.9. The molecule has 0 aliphatic rings. The Morgan fingerprint density at radius 3 is 2.58 bits per heavy atom. The summed E-state index contributed by atoms with van der Waals surface area (Å²) in [7, 11) is 0. The maximum Gasteiger partial charge on any atom is 0.416 e. The first-order valence-electron chi connectivity index (χ1n) is 7.82. The number of alkyl halides is 3. The molecule has 1 amide bonds. The molecular formula is C17H20F3N3O. The molecule has 1 aromatic heterocycles. The predicted octanol–water partition coefficient (Wildman–Crippen LogP) is 4.12. The fourth-order valence-electron chi connectivity index (χ4n) is 2.26. The van der Waals surface area contributed by atoms with Crippen molar-refractivity contribution in [3.05, 3.63) is 41.6 Å². The van der Waals surface area contributed by atoms with Gasteiger partial charge in [-0.1, -0.05) is 19.1 Å². The molecule has 1 N–H and O–H groups in total. The van der Waals surface area contributed by atoms with E-state index in [2.05, 4.69) is 10.4 Å². The summed E-state index contributed by atoms with van der Waals surface area (Å²) >= 11 is 0. The van der Waals surface area contributed by atoms with Gasteiger partial charge >= 0.3 is 6.18 Å². The number of benzene rings is 1. The number of amides is 1. The normalized spacial score (nSPS) is 12.9. The number of rotatable bonds is 5. The van der Waals surface area contributed by atoms with Gasteiger partial charge in [0.25, 0.3) is 5.91 Å². The maximum absolute atomic E-state index is 12.9. The number of hydrogen-bond donors (Lipinski definition) is 1. The Morgan fingerprint density at radius 1 is 1.29 bits per heavy atom. The predicted molar refractivity (Wildman–Crippen MR) is 85.6 cm³/mol. The van der Waals surface area contributed by atoms with E-state index >= 15 is 0 Å². The monoisotopic (exact) mass is 339 g/mol. The van der Waals surface area contributed by atoms with E-state index in [1.165, 1.54) is 16.8 Å². The molecule has 2 rings (SSSR count). The average Bonchev–Trinajstić information content (AvgIpc) is 2.98. The van der Waals surface area contributed by atoms with Crippen LogP contribution in [0.1, 0.15) is 43.2 Å². The second-order valence-electron chi connectivity index (χ2n) is 5.59. The summed E-state index contributed by atoms with van der Waals surface area (Å²) in [5.41, 5.74) is 0.332. The fourth-order valence-corrected chi connectivity index (χ4v) is 2.26. The van der Waals surface area contributed by atoms with Crippen LogP contribution in [0.2, 0.25) is 0 Å². The van der Waals surface area contributed by atoms with Crippen molar-refractivity contribution in [3.8, 4) is 11.3 Å². The molecule has 0 radical (unpaired) electrons. The summed E-state index contributed by atoms with van der Waals surface area (Å²) in [6.07, 6.45) is -3.63. The summed E-state index contributed by atoms with van der Waals surface area (Å²) in [4.78, 5) is 12.2. The zero-order valence-electron chi connectivity index (χ0n) is 13.8. The first kappa shape index (κ1) is 18.0. The van der Waals surface area contributed by atoms with Gasteiger partial charge in [-0.15, -0.1) is 0 Å². The lowest BCUT2D eigenvalue weighted by atomic mass is 10.1. The molecule has 1 aromatic carbocycles. The third kappa shape index (κ3) is 3.96. The Balaban J connectivity index is 2.39. The molecule has 0 bridgehead atoms. The molecule has 1 atom stereocenters. The van der Waals surface area contributed by atoms with Gasteiger partial charge in [-0.2, -0.15) is 18.3 Å². The van der Waals surface area contributed by atoms with Crippen LogP contribution in [-0.4, -0.2) is 21.7 Å². The van der Waals surface area contributed by atoms with Gasteiger partial charge in [0.05, 0.1) is 11.3 Å². The smallest absolute Gasteiger partial charge is 0.348 e. The molecule has 4 nitrogen and oxygen atoms in total. The summed E-state index contributed by atoms with van der Waals surface area (Å²) in [6.45, 7) is 6.09. The number of carbonyl (C=O) groups is 1. The van der Waals surface area contributed by atoms with Crippen molar-refractivity contribution in [1.82, 2.24) is 15.1 Å². The van der Waals surface area contributed by atoms with Gasteiger partial charge < -0.3 is 5.32 Å². The Morgan fingerprint density at radius 2 is 2.00 bits per heavy atom. The molecule has 0 aliphatic carbocycles. The molecule has 0 saturated heterocycles. The standard InChI is InChI=1S/C17H20F3N3O/c1-4-11(3)21-16(24)14-10-15(23(5-2)22-14)12-7-6-8-13(9-12)17(18,19)20/h6-11H,4-5H2,1-3H3,(H,21,24)/t11-/m1/s1. The van der Waals surface area contributed by atoms with Crippen molar-refractivity contribution < 1.29 is 18.0 Å². The van der Waals surface area contributed by atoms with Crippen LogP contribution in [0.15, 0.2) is 30.3 Å². The Kier molecular flexibility index (Phi) is 5.31. The highest BCUT2D eigenvalue weighted by Crippen LogP contribution is 2.32. The topological polar surface area (TPSA) is 46.9 Å². The number of aryl methyl sites for hydroxylation is 1. The fraction of sp³-hybridized carbons (Fsp3) is 0.412. The average molecular weight is 339 g/mol. The van der Waals surface area contributed by atoms with Crippen molar-refractivity contribution in [2.24, 2.45) is 0 Å². The number of hydrogen-bond acceptors (Lipinski definition) is 2. The Bertz CT molecular complexity index is 722. The van der Waals surface area contributed by atoms with Crippen LogP contribution < -0.4 is 5.32 Å². The lowest BCUT2D eigenvalue weighted by molar-refractivity contribution is -0.137. The van der Waals surface area contributed by atoms with Crippen LogP contribution in [0.25, 0.3) is 11.3 Å². The van der Waals surface area contributed by atoms with E-state index in [1.807, 2.05) is 20.8 Å². The third-order valence-electron chi connectivity index (χ3n) is 3.79. The molecule has 0 aliphatic heterocycles. The minimum Gasteiger partial charge on any atom is -0.348 e. The molecular weight excluding hydrogens is 319 g/mol. The highest BCUT2D eigenvalue weighted by atomic mass is 19.4. The lowest BCUT2D eigenvalue weighted by Gasteiger charge is -2.09. The van der Waals surface area contributed by atoms with Crippen molar-refractivity contribution in [3.63, 3.8) is 0 Å². The van der Waals surface area contributed by atoms with Crippen LogP contribution in [0.4, 0.5) is 13.2 Å². The number of carbonyl (C=O) groups excluding carboxylic acids is 1. The summed E-state index contributed by atoms with van der Waals surface area (Å²) in [6, 6.07) is 6.54. The lowest BCUT2D eigenvalue weighted by Crippen LogP contribution is -2.32. The molecule has 0 spiro atoms. The van der Waals surface area contributed by atoms with E-state index < -0.39 is 11.7 Å². The Hall–Kier alpha value is -2.31. The highest BCUT2D eigenvalue weighted by Gasteiger charge is 2.30. The molecule has 130 valence electrons. The molecule has 7 heteroatoms. The minimum absolute atomic E-state index is 0.00119. The van der Waals surface area contributed by atoms with Crippen LogP contribution in [0.3, 0.4) is 0 Å². The SMILES string of the molecule is CC[C@@H](C)NC(=O)c1cc(-c2cccc(C(F)(F)F)c2)n(CC)n1. The first-order valence-corrected chi connectivity index (χ1v) is 7.82. The van der Waals surface area contributed by atoms with Gasteiger partial charge in [-0.25, -0.2) is 0 Å². The second-order valence-corrected chi connectivity index (χ2v) is 5.59. The van der Waals surface area contributed by atoms with Crippen LogP contribution in [0.5, 0.6) is 0 Å². The maximum atomic E-state index is 12.9. The van der Waals surface area contributed by atoms with Gasteiger partial charge in [0.1, 0.15) is 0 Å². The summed E-state index contributed by atoms with van der Waals surface area (Å²) < 4.78 is 40.2. The van der Waals surface area contributed by atoms with Crippen molar-refractivity contribution in [2.75, 3.05) is 0 Å². The van der Waals surface area contributed by atoms with Crippen LogP contribution >= 0.6 is 0 Å². The zero-order valence-corrected chi connectivity index (χ0v) is 13.8. The molecule has 2 aromatic rings.